The van der Waals surface area contributed by atoms with E-state index in [4.69, 9.17) is 4.74 Å². The minimum atomic E-state index is 0.541. The lowest BCUT2D eigenvalue weighted by molar-refractivity contribution is 0.277. The third kappa shape index (κ3) is 2.06. The summed E-state index contributed by atoms with van der Waals surface area (Å²) in [6, 6.07) is 9.00. The molecule has 1 N–H and O–H groups in total. The SMILES string of the molecule is c1cc2ccc(OCC3CCCN3)cc2s1. The van der Waals surface area contributed by atoms with Gasteiger partial charge in [0.1, 0.15) is 12.4 Å². The van der Waals surface area contributed by atoms with E-state index in [2.05, 4.69) is 35.0 Å². The molecule has 0 spiro atoms. The van der Waals surface area contributed by atoms with Crippen LogP contribution in [0.15, 0.2) is 29.6 Å². The number of thiophene rings is 1. The van der Waals surface area contributed by atoms with Crippen LogP contribution in [0.3, 0.4) is 0 Å². The van der Waals surface area contributed by atoms with Gasteiger partial charge < -0.3 is 10.1 Å². The van der Waals surface area contributed by atoms with Crippen LogP contribution in [-0.4, -0.2) is 19.2 Å². The molecule has 16 heavy (non-hydrogen) atoms. The standard InChI is InChI=1S/C13H15NOS/c1-2-11(14-6-1)9-15-12-4-3-10-5-7-16-13(10)8-12/h3-5,7-8,11,14H,1-2,6,9H2. The lowest BCUT2D eigenvalue weighted by atomic mass is 10.2. The molecule has 84 valence electrons. The van der Waals surface area contributed by atoms with Gasteiger partial charge in [0.2, 0.25) is 0 Å². The largest absolute Gasteiger partial charge is 0.492 e. The van der Waals surface area contributed by atoms with Crippen LogP contribution < -0.4 is 10.1 Å². The summed E-state index contributed by atoms with van der Waals surface area (Å²) in [5, 5.41) is 6.86. The summed E-state index contributed by atoms with van der Waals surface area (Å²) >= 11 is 1.76. The molecule has 0 radical (unpaired) electrons. The lowest BCUT2D eigenvalue weighted by Crippen LogP contribution is -2.28. The first kappa shape index (κ1) is 10.1. The second-order valence-corrected chi connectivity index (χ2v) is 5.17. The summed E-state index contributed by atoms with van der Waals surface area (Å²) in [6.07, 6.45) is 2.51. The van der Waals surface area contributed by atoms with Gasteiger partial charge in [-0.3, -0.25) is 0 Å². The Balaban J connectivity index is 1.68. The van der Waals surface area contributed by atoms with Gasteiger partial charge in [-0.25, -0.2) is 0 Å². The van der Waals surface area contributed by atoms with Gasteiger partial charge in [-0.15, -0.1) is 11.3 Å². The van der Waals surface area contributed by atoms with Gasteiger partial charge in [-0.05, 0) is 54.4 Å². The van der Waals surface area contributed by atoms with E-state index in [1.807, 2.05) is 0 Å². The first-order valence-electron chi connectivity index (χ1n) is 5.75. The fraction of sp³-hybridized carbons (Fsp3) is 0.385. The molecule has 1 fully saturated rings. The zero-order chi connectivity index (χ0) is 10.8. The fourth-order valence-corrected chi connectivity index (χ4v) is 2.94. The molecule has 3 heteroatoms. The van der Waals surface area contributed by atoms with Gasteiger partial charge in [0.15, 0.2) is 0 Å². The maximum absolute atomic E-state index is 5.81. The highest BCUT2D eigenvalue weighted by atomic mass is 32.1. The second-order valence-electron chi connectivity index (χ2n) is 4.22. The lowest BCUT2D eigenvalue weighted by Gasteiger charge is -2.11. The van der Waals surface area contributed by atoms with E-state index >= 15 is 0 Å². The molecule has 0 amide bonds. The van der Waals surface area contributed by atoms with Crippen molar-refractivity contribution in [3.63, 3.8) is 0 Å². The Kier molecular flexibility index (Phi) is 2.80. The number of rotatable bonds is 3. The zero-order valence-corrected chi connectivity index (χ0v) is 9.93. The van der Waals surface area contributed by atoms with E-state index in [0.717, 1.165) is 18.9 Å². The smallest absolute Gasteiger partial charge is 0.120 e. The third-order valence-corrected chi connectivity index (χ3v) is 3.92. The number of hydrogen-bond acceptors (Lipinski definition) is 3. The number of fused-ring (bicyclic) bond motifs is 1. The Morgan fingerprint density at radius 2 is 2.38 bits per heavy atom. The van der Waals surface area contributed by atoms with Gasteiger partial charge in [0.25, 0.3) is 0 Å². The number of nitrogens with one attached hydrogen (secondary N) is 1. The highest BCUT2D eigenvalue weighted by Gasteiger charge is 2.14. The average molecular weight is 233 g/mol. The average Bonchev–Trinajstić information content (AvgIpc) is 2.97. The van der Waals surface area contributed by atoms with Gasteiger partial charge in [0.05, 0.1) is 0 Å². The molecule has 1 unspecified atom stereocenters. The Bertz CT molecular complexity index is 473. The highest BCUT2D eigenvalue weighted by molar-refractivity contribution is 7.17. The van der Waals surface area contributed by atoms with Gasteiger partial charge >= 0.3 is 0 Å². The van der Waals surface area contributed by atoms with Crippen molar-refractivity contribution in [2.75, 3.05) is 13.2 Å². The second kappa shape index (κ2) is 4.44. The van der Waals surface area contributed by atoms with Crippen LogP contribution in [0.5, 0.6) is 5.75 Å². The summed E-state index contributed by atoms with van der Waals surface area (Å²) in [6.45, 7) is 1.93. The molecule has 3 rings (SSSR count). The predicted octanol–water partition coefficient (Wildman–Crippen LogP) is 3.03. The van der Waals surface area contributed by atoms with Crippen LogP contribution >= 0.6 is 11.3 Å². The Morgan fingerprint density at radius 3 is 3.25 bits per heavy atom. The number of ether oxygens (including phenoxy) is 1. The van der Waals surface area contributed by atoms with Crippen molar-refractivity contribution in [3.05, 3.63) is 29.6 Å². The molecule has 0 bridgehead atoms. The minimum absolute atomic E-state index is 0.541. The van der Waals surface area contributed by atoms with Crippen molar-refractivity contribution in [3.8, 4) is 5.75 Å². The van der Waals surface area contributed by atoms with Crippen LogP contribution in [0.25, 0.3) is 10.1 Å². The maximum Gasteiger partial charge on any atom is 0.120 e. The number of benzene rings is 1. The van der Waals surface area contributed by atoms with E-state index in [1.165, 1.54) is 22.9 Å². The van der Waals surface area contributed by atoms with Crippen molar-refractivity contribution in [1.82, 2.24) is 5.32 Å². The van der Waals surface area contributed by atoms with Crippen molar-refractivity contribution in [2.24, 2.45) is 0 Å². The first-order valence-corrected chi connectivity index (χ1v) is 6.63. The Hall–Kier alpha value is -1.06. The molecule has 1 aliphatic heterocycles. The molecule has 0 aliphatic carbocycles. The van der Waals surface area contributed by atoms with Crippen molar-refractivity contribution in [1.29, 1.82) is 0 Å². The monoisotopic (exact) mass is 233 g/mol. The molecule has 2 nitrogen and oxygen atoms in total. The molecule has 1 aliphatic rings. The van der Waals surface area contributed by atoms with Crippen LogP contribution in [0, 0.1) is 0 Å². The quantitative estimate of drug-likeness (QED) is 0.880. The van der Waals surface area contributed by atoms with Crippen LogP contribution in [-0.2, 0) is 0 Å². The normalized spacial score (nSPS) is 20.4. The summed E-state index contributed by atoms with van der Waals surface area (Å²) in [4.78, 5) is 0. The van der Waals surface area contributed by atoms with Crippen molar-refractivity contribution >= 4 is 21.4 Å². The van der Waals surface area contributed by atoms with E-state index in [0.29, 0.717) is 6.04 Å². The molecule has 1 aromatic heterocycles. The Labute approximate surface area is 99.2 Å². The molecule has 1 aromatic carbocycles. The first-order chi connectivity index (χ1) is 7.92. The van der Waals surface area contributed by atoms with Crippen molar-refractivity contribution in [2.45, 2.75) is 18.9 Å². The van der Waals surface area contributed by atoms with Crippen LogP contribution in [0.4, 0.5) is 0 Å². The van der Waals surface area contributed by atoms with E-state index in [9.17, 15) is 0 Å². The van der Waals surface area contributed by atoms with Gasteiger partial charge in [-0.1, -0.05) is 0 Å². The summed E-state index contributed by atoms with van der Waals surface area (Å²) in [5.41, 5.74) is 0. The zero-order valence-electron chi connectivity index (χ0n) is 9.11. The molecule has 0 saturated carbocycles. The molecule has 2 aromatic rings. The minimum Gasteiger partial charge on any atom is -0.492 e. The van der Waals surface area contributed by atoms with E-state index in [-0.39, 0.29) is 0 Å². The molecule has 1 saturated heterocycles. The summed E-state index contributed by atoms with van der Waals surface area (Å²) in [7, 11) is 0. The molecular formula is C13H15NOS. The summed E-state index contributed by atoms with van der Waals surface area (Å²) < 4.78 is 7.11. The van der Waals surface area contributed by atoms with Crippen LogP contribution in [0.2, 0.25) is 0 Å². The molecule has 2 heterocycles. The van der Waals surface area contributed by atoms with E-state index in [1.54, 1.807) is 11.3 Å². The highest BCUT2D eigenvalue weighted by Crippen LogP contribution is 2.25. The van der Waals surface area contributed by atoms with Crippen LogP contribution in [0.1, 0.15) is 12.8 Å². The number of hydrogen-bond donors (Lipinski definition) is 1. The fourth-order valence-electron chi connectivity index (χ4n) is 2.12. The van der Waals surface area contributed by atoms with Gasteiger partial charge in [0, 0.05) is 10.7 Å². The topological polar surface area (TPSA) is 21.3 Å². The van der Waals surface area contributed by atoms with Crippen molar-refractivity contribution < 1.29 is 4.74 Å². The van der Waals surface area contributed by atoms with E-state index < -0.39 is 0 Å². The summed E-state index contributed by atoms with van der Waals surface area (Å²) in [5.74, 6) is 0.989. The maximum atomic E-state index is 5.81. The molecule has 1 atom stereocenters. The molecular weight excluding hydrogens is 218 g/mol. The Morgan fingerprint density at radius 1 is 1.38 bits per heavy atom. The van der Waals surface area contributed by atoms with Gasteiger partial charge in [-0.2, -0.15) is 0 Å². The predicted molar refractivity (Wildman–Crippen MR) is 68.3 cm³/mol. The third-order valence-electron chi connectivity index (χ3n) is 3.04.